The minimum Gasteiger partial charge on any atom is -0.330 e. The molecule has 0 N–H and O–H groups in total. The number of hydrogen-bond acceptors (Lipinski definition) is 2. The van der Waals surface area contributed by atoms with Gasteiger partial charge in [-0.25, -0.2) is 0 Å². The maximum atomic E-state index is 13.0. The number of benzene rings is 3. The number of carbonyl (C=O) groups is 1. The normalized spacial score (nSPS) is 10.4. The quantitative estimate of drug-likeness (QED) is 0.664. The van der Waals surface area contributed by atoms with E-state index in [2.05, 4.69) is 12.6 Å². The van der Waals surface area contributed by atoms with E-state index in [0.717, 1.165) is 16.0 Å². The topological polar surface area (TPSA) is 20.3 Å². The van der Waals surface area contributed by atoms with E-state index in [0.29, 0.717) is 18.7 Å². The van der Waals surface area contributed by atoms with Crippen molar-refractivity contribution >= 4 is 18.5 Å². The van der Waals surface area contributed by atoms with Crippen molar-refractivity contribution in [3.63, 3.8) is 0 Å². The third-order valence-corrected chi connectivity index (χ3v) is 4.09. The summed E-state index contributed by atoms with van der Waals surface area (Å²) in [4.78, 5) is 15.7. The van der Waals surface area contributed by atoms with Gasteiger partial charge in [-0.1, -0.05) is 66.7 Å². The number of thiol groups is 1. The molecule has 0 radical (unpaired) electrons. The van der Waals surface area contributed by atoms with Crippen LogP contribution in [0.3, 0.4) is 0 Å². The van der Waals surface area contributed by atoms with Crippen LogP contribution in [0.2, 0.25) is 0 Å². The molecule has 0 atom stereocenters. The molecule has 0 aliphatic carbocycles. The highest BCUT2D eigenvalue weighted by atomic mass is 32.1. The van der Waals surface area contributed by atoms with Crippen molar-refractivity contribution in [3.05, 3.63) is 102 Å². The molecule has 0 unspecified atom stereocenters. The molecule has 3 rings (SSSR count). The van der Waals surface area contributed by atoms with E-state index in [-0.39, 0.29) is 5.91 Å². The zero-order valence-corrected chi connectivity index (χ0v) is 14.2. The summed E-state index contributed by atoms with van der Waals surface area (Å²) in [7, 11) is 0. The molecule has 0 fully saturated rings. The second-order valence-electron chi connectivity index (χ2n) is 5.68. The number of nitrogens with zero attached hydrogens (tertiary/aromatic N) is 1. The molecule has 0 spiro atoms. The summed E-state index contributed by atoms with van der Waals surface area (Å²) in [5.41, 5.74) is 2.89. The standard InChI is InChI=1S/C21H19NOS/c23-21(19-12-7-13-20(24)14-19)22(15-17-8-3-1-4-9-17)16-18-10-5-2-6-11-18/h1-14,24H,15-16H2. The zero-order chi connectivity index (χ0) is 16.8. The summed E-state index contributed by atoms with van der Waals surface area (Å²) in [6.45, 7) is 1.15. The van der Waals surface area contributed by atoms with Crippen molar-refractivity contribution in [2.75, 3.05) is 0 Å². The average molecular weight is 333 g/mol. The Morgan fingerprint density at radius 3 is 1.79 bits per heavy atom. The first-order chi connectivity index (χ1) is 11.7. The van der Waals surface area contributed by atoms with Crippen LogP contribution in [0.25, 0.3) is 0 Å². The van der Waals surface area contributed by atoms with Gasteiger partial charge < -0.3 is 4.90 Å². The summed E-state index contributed by atoms with van der Waals surface area (Å²) in [5.74, 6) is 0.0126. The summed E-state index contributed by atoms with van der Waals surface area (Å²) in [5, 5.41) is 0. The maximum absolute atomic E-state index is 13.0. The minimum atomic E-state index is 0.0126. The van der Waals surface area contributed by atoms with E-state index < -0.39 is 0 Å². The fraction of sp³-hybridized carbons (Fsp3) is 0.0952. The average Bonchev–Trinajstić information content (AvgIpc) is 2.62. The predicted octanol–water partition coefficient (Wildman–Crippen LogP) is 4.82. The van der Waals surface area contributed by atoms with Gasteiger partial charge in [0.1, 0.15) is 0 Å². The van der Waals surface area contributed by atoms with Gasteiger partial charge in [0.05, 0.1) is 0 Å². The molecule has 24 heavy (non-hydrogen) atoms. The van der Waals surface area contributed by atoms with Crippen LogP contribution in [0.1, 0.15) is 21.5 Å². The highest BCUT2D eigenvalue weighted by molar-refractivity contribution is 7.80. The van der Waals surface area contributed by atoms with E-state index in [1.807, 2.05) is 89.8 Å². The molecule has 3 aromatic rings. The van der Waals surface area contributed by atoms with E-state index in [1.165, 1.54) is 0 Å². The summed E-state index contributed by atoms with van der Waals surface area (Å²) < 4.78 is 0. The Morgan fingerprint density at radius 2 is 1.29 bits per heavy atom. The van der Waals surface area contributed by atoms with Crippen molar-refractivity contribution in [1.82, 2.24) is 4.90 Å². The van der Waals surface area contributed by atoms with Crippen LogP contribution in [0.5, 0.6) is 0 Å². The largest absolute Gasteiger partial charge is 0.330 e. The Bertz CT molecular complexity index is 761. The van der Waals surface area contributed by atoms with Crippen molar-refractivity contribution in [3.8, 4) is 0 Å². The fourth-order valence-electron chi connectivity index (χ4n) is 2.63. The molecule has 0 saturated carbocycles. The zero-order valence-electron chi connectivity index (χ0n) is 13.3. The Hall–Kier alpha value is -2.52. The van der Waals surface area contributed by atoms with Gasteiger partial charge in [-0.3, -0.25) is 4.79 Å². The van der Waals surface area contributed by atoms with E-state index in [9.17, 15) is 4.79 Å². The highest BCUT2D eigenvalue weighted by Gasteiger charge is 2.16. The summed E-state index contributed by atoms with van der Waals surface area (Å²) >= 11 is 4.34. The SMILES string of the molecule is O=C(c1cccc(S)c1)N(Cc1ccccc1)Cc1ccccc1. The lowest BCUT2D eigenvalue weighted by molar-refractivity contribution is 0.0730. The molecule has 0 aromatic heterocycles. The molecular weight excluding hydrogens is 314 g/mol. The lowest BCUT2D eigenvalue weighted by Gasteiger charge is -2.23. The molecule has 0 aliphatic heterocycles. The Kier molecular flexibility index (Phi) is 5.34. The first-order valence-electron chi connectivity index (χ1n) is 7.88. The van der Waals surface area contributed by atoms with Crippen LogP contribution in [0.15, 0.2) is 89.8 Å². The third-order valence-electron chi connectivity index (χ3n) is 3.81. The van der Waals surface area contributed by atoms with Crippen LogP contribution in [-0.4, -0.2) is 10.8 Å². The molecule has 0 bridgehead atoms. The number of amides is 1. The molecule has 3 heteroatoms. The van der Waals surface area contributed by atoms with Gasteiger partial charge in [-0.05, 0) is 29.3 Å². The van der Waals surface area contributed by atoms with E-state index >= 15 is 0 Å². The molecule has 0 heterocycles. The molecule has 0 saturated heterocycles. The monoisotopic (exact) mass is 333 g/mol. The molecular formula is C21H19NOS. The van der Waals surface area contributed by atoms with Crippen molar-refractivity contribution in [1.29, 1.82) is 0 Å². The fourth-order valence-corrected chi connectivity index (χ4v) is 2.85. The molecule has 2 nitrogen and oxygen atoms in total. The van der Waals surface area contributed by atoms with Gasteiger partial charge >= 0.3 is 0 Å². The lowest BCUT2D eigenvalue weighted by atomic mass is 10.1. The second-order valence-corrected chi connectivity index (χ2v) is 6.20. The number of rotatable bonds is 5. The van der Waals surface area contributed by atoms with Crippen LogP contribution in [0.4, 0.5) is 0 Å². The molecule has 120 valence electrons. The van der Waals surface area contributed by atoms with E-state index in [1.54, 1.807) is 0 Å². The Labute approximate surface area is 148 Å². The molecule has 3 aromatic carbocycles. The van der Waals surface area contributed by atoms with Gasteiger partial charge in [-0.15, -0.1) is 12.6 Å². The van der Waals surface area contributed by atoms with Gasteiger partial charge in [0.25, 0.3) is 5.91 Å². The van der Waals surface area contributed by atoms with Crippen LogP contribution in [0, 0.1) is 0 Å². The first kappa shape index (κ1) is 16.3. The molecule has 0 aliphatic rings. The van der Waals surface area contributed by atoms with Crippen LogP contribution >= 0.6 is 12.6 Å². The minimum absolute atomic E-state index is 0.0126. The molecule has 1 amide bonds. The number of carbonyl (C=O) groups excluding carboxylic acids is 1. The number of hydrogen-bond donors (Lipinski definition) is 1. The Morgan fingerprint density at radius 1 is 0.750 bits per heavy atom. The smallest absolute Gasteiger partial charge is 0.254 e. The van der Waals surface area contributed by atoms with Crippen molar-refractivity contribution in [2.45, 2.75) is 18.0 Å². The van der Waals surface area contributed by atoms with E-state index in [4.69, 9.17) is 0 Å². The van der Waals surface area contributed by atoms with Gasteiger partial charge in [-0.2, -0.15) is 0 Å². The Balaban J connectivity index is 1.87. The maximum Gasteiger partial charge on any atom is 0.254 e. The first-order valence-corrected chi connectivity index (χ1v) is 8.33. The summed E-state index contributed by atoms with van der Waals surface area (Å²) in [6, 6.07) is 27.5. The second kappa shape index (κ2) is 7.84. The van der Waals surface area contributed by atoms with Crippen LogP contribution in [-0.2, 0) is 13.1 Å². The van der Waals surface area contributed by atoms with Crippen molar-refractivity contribution in [2.24, 2.45) is 0 Å². The van der Waals surface area contributed by atoms with Crippen molar-refractivity contribution < 1.29 is 4.79 Å². The van der Waals surface area contributed by atoms with Gasteiger partial charge in [0.2, 0.25) is 0 Å². The summed E-state index contributed by atoms with van der Waals surface area (Å²) in [6.07, 6.45) is 0. The van der Waals surface area contributed by atoms with Crippen LogP contribution < -0.4 is 0 Å². The van der Waals surface area contributed by atoms with Gasteiger partial charge in [0.15, 0.2) is 0 Å². The lowest BCUT2D eigenvalue weighted by Crippen LogP contribution is -2.30. The van der Waals surface area contributed by atoms with Gasteiger partial charge in [0, 0.05) is 23.5 Å². The highest BCUT2D eigenvalue weighted by Crippen LogP contribution is 2.16. The third kappa shape index (κ3) is 4.27. The predicted molar refractivity (Wildman–Crippen MR) is 100 cm³/mol.